The average Bonchev–Trinajstić information content (AvgIpc) is 2.49. The van der Waals surface area contributed by atoms with E-state index in [1.807, 2.05) is 38.1 Å². The summed E-state index contributed by atoms with van der Waals surface area (Å²) in [5, 5.41) is 8.12. The van der Waals surface area contributed by atoms with Crippen molar-refractivity contribution in [2.75, 3.05) is 7.11 Å². The fourth-order valence-electron chi connectivity index (χ4n) is 2.10. The number of nitrogens with zero attached hydrogens (tertiary/aromatic N) is 2. The standard InChI is InChI=1S/C16H17BrN2O2/c1-4-15-13(7-10(2)18-19-15)16(20)9-11-8-12(21-3)5-6-14(11)17/h5-8H,4,9H2,1-3H3. The molecule has 2 rings (SSSR count). The van der Waals surface area contributed by atoms with E-state index in [4.69, 9.17) is 4.74 Å². The van der Waals surface area contributed by atoms with E-state index in [9.17, 15) is 4.79 Å². The van der Waals surface area contributed by atoms with E-state index >= 15 is 0 Å². The lowest BCUT2D eigenvalue weighted by Gasteiger charge is -2.09. The molecule has 21 heavy (non-hydrogen) atoms. The fourth-order valence-corrected chi connectivity index (χ4v) is 2.49. The second kappa shape index (κ2) is 6.80. The van der Waals surface area contributed by atoms with Crippen molar-refractivity contribution in [3.05, 3.63) is 51.3 Å². The molecule has 0 aliphatic rings. The lowest BCUT2D eigenvalue weighted by molar-refractivity contribution is 0.0991. The van der Waals surface area contributed by atoms with Gasteiger partial charge in [0.2, 0.25) is 0 Å². The van der Waals surface area contributed by atoms with Crippen molar-refractivity contribution < 1.29 is 9.53 Å². The molecule has 0 unspecified atom stereocenters. The Kier molecular flexibility index (Phi) is 5.07. The third-order valence-corrected chi connectivity index (χ3v) is 4.01. The molecule has 2 aromatic rings. The molecule has 4 nitrogen and oxygen atoms in total. The van der Waals surface area contributed by atoms with E-state index in [1.54, 1.807) is 7.11 Å². The zero-order chi connectivity index (χ0) is 15.4. The third kappa shape index (κ3) is 3.67. The van der Waals surface area contributed by atoms with Crippen LogP contribution in [0.3, 0.4) is 0 Å². The summed E-state index contributed by atoms with van der Waals surface area (Å²) >= 11 is 3.47. The number of halogens is 1. The van der Waals surface area contributed by atoms with E-state index in [-0.39, 0.29) is 5.78 Å². The van der Waals surface area contributed by atoms with E-state index < -0.39 is 0 Å². The predicted octanol–water partition coefficient (Wildman–Crippen LogP) is 3.54. The molecule has 0 atom stereocenters. The van der Waals surface area contributed by atoms with Crippen molar-refractivity contribution in [1.82, 2.24) is 10.2 Å². The van der Waals surface area contributed by atoms with Gasteiger partial charge in [0.15, 0.2) is 5.78 Å². The first-order valence-electron chi connectivity index (χ1n) is 6.74. The molecule has 0 bridgehead atoms. The molecule has 110 valence electrons. The Morgan fingerprint density at radius 2 is 2.05 bits per heavy atom. The summed E-state index contributed by atoms with van der Waals surface area (Å²) in [4.78, 5) is 12.6. The Morgan fingerprint density at radius 3 is 2.71 bits per heavy atom. The highest BCUT2D eigenvalue weighted by molar-refractivity contribution is 9.10. The van der Waals surface area contributed by atoms with Crippen LogP contribution in [0, 0.1) is 6.92 Å². The smallest absolute Gasteiger partial charge is 0.169 e. The van der Waals surface area contributed by atoms with Crippen LogP contribution in [0.25, 0.3) is 0 Å². The lowest BCUT2D eigenvalue weighted by Crippen LogP contribution is -2.10. The van der Waals surface area contributed by atoms with Gasteiger partial charge in [0.25, 0.3) is 0 Å². The van der Waals surface area contributed by atoms with Gasteiger partial charge in [-0.15, -0.1) is 0 Å². The van der Waals surface area contributed by atoms with Crippen molar-refractivity contribution in [3.8, 4) is 5.75 Å². The minimum absolute atomic E-state index is 0.0406. The molecule has 5 heteroatoms. The molecule has 1 aromatic carbocycles. The number of ketones is 1. The minimum Gasteiger partial charge on any atom is -0.497 e. The molecule has 0 amide bonds. The van der Waals surface area contributed by atoms with Gasteiger partial charge in [-0.1, -0.05) is 22.9 Å². The predicted molar refractivity (Wildman–Crippen MR) is 84.9 cm³/mol. The number of rotatable bonds is 5. The largest absolute Gasteiger partial charge is 0.497 e. The number of hydrogen-bond acceptors (Lipinski definition) is 4. The number of carbonyl (C=O) groups excluding carboxylic acids is 1. The zero-order valence-corrected chi connectivity index (χ0v) is 13.9. The van der Waals surface area contributed by atoms with Gasteiger partial charge in [-0.3, -0.25) is 4.79 Å². The number of ether oxygens (including phenoxy) is 1. The molecule has 1 aromatic heterocycles. The van der Waals surface area contributed by atoms with Gasteiger partial charge in [-0.25, -0.2) is 0 Å². The molecule has 0 saturated carbocycles. The topological polar surface area (TPSA) is 52.1 Å². The van der Waals surface area contributed by atoms with Crippen LogP contribution in [0.5, 0.6) is 5.75 Å². The molecule has 0 fully saturated rings. The lowest BCUT2D eigenvalue weighted by atomic mass is 10.0. The second-order valence-corrected chi connectivity index (χ2v) is 5.61. The summed E-state index contributed by atoms with van der Waals surface area (Å²) in [5.74, 6) is 0.777. The number of benzene rings is 1. The zero-order valence-electron chi connectivity index (χ0n) is 12.3. The highest BCUT2D eigenvalue weighted by atomic mass is 79.9. The number of hydrogen-bond donors (Lipinski definition) is 0. The van der Waals surface area contributed by atoms with Crippen LogP contribution in [-0.2, 0) is 12.8 Å². The Morgan fingerprint density at radius 1 is 1.29 bits per heavy atom. The van der Waals surface area contributed by atoms with Crippen LogP contribution in [-0.4, -0.2) is 23.1 Å². The van der Waals surface area contributed by atoms with Gasteiger partial charge >= 0.3 is 0 Å². The summed E-state index contributed by atoms with van der Waals surface area (Å²) in [6, 6.07) is 7.42. The monoisotopic (exact) mass is 348 g/mol. The SMILES string of the molecule is CCc1nnc(C)cc1C(=O)Cc1cc(OC)ccc1Br. The quantitative estimate of drug-likeness (QED) is 0.775. The maximum absolute atomic E-state index is 12.6. The molecule has 0 N–H and O–H groups in total. The van der Waals surface area contributed by atoms with Crippen molar-refractivity contribution in [2.24, 2.45) is 0 Å². The molecule has 0 saturated heterocycles. The Hall–Kier alpha value is -1.75. The summed E-state index contributed by atoms with van der Waals surface area (Å²) in [5.41, 5.74) is 3.04. The highest BCUT2D eigenvalue weighted by Gasteiger charge is 2.15. The first-order valence-corrected chi connectivity index (χ1v) is 7.53. The van der Waals surface area contributed by atoms with Crippen molar-refractivity contribution in [3.63, 3.8) is 0 Å². The summed E-state index contributed by atoms with van der Waals surface area (Å²) in [6.07, 6.45) is 0.990. The van der Waals surface area contributed by atoms with Gasteiger partial charge in [-0.2, -0.15) is 10.2 Å². The maximum Gasteiger partial charge on any atom is 0.169 e. The first kappa shape index (κ1) is 15.6. The van der Waals surface area contributed by atoms with Crippen molar-refractivity contribution in [1.29, 1.82) is 0 Å². The Balaban J connectivity index is 2.32. The summed E-state index contributed by atoms with van der Waals surface area (Å²) in [7, 11) is 1.61. The van der Waals surface area contributed by atoms with Crippen LogP contribution in [0.4, 0.5) is 0 Å². The molecule has 0 aliphatic heterocycles. The number of aryl methyl sites for hydroxylation is 2. The van der Waals surface area contributed by atoms with Crippen molar-refractivity contribution in [2.45, 2.75) is 26.7 Å². The van der Waals surface area contributed by atoms with E-state index in [1.165, 1.54) is 0 Å². The van der Waals surface area contributed by atoms with E-state index in [0.717, 1.165) is 27.2 Å². The Labute approximate surface area is 132 Å². The van der Waals surface area contributed by atoms with E-state index in [0.29, 0.717) is 18.4 Å². The van der Waals surface area contributed by atoms with Gasteiger partial charge < -0.3 is 4.74 Å². The van der Waals surface area contributed by atoms with Gasteiger partial charge in [-0.05, 0) is 43.2 Å². The molecule has 1 heterocycles. The van der Waals surface area contributed by atoms with Crippen LogP contribution in [0.15, 0.2) is 28.7 Å². The summed E-state index contributed by atoms with van der Waals surface area (Å²) < 4.78 is 6.10. The van der Waals surface area contributed by atoms with Crippen LogP contribution in [0.2, 0.25) is 0 Å². The molecular weight excluding hydrogens is 332 g/mol. The fraction of sp³-hybridized carbons (Fsp3) is 0.312. The first-order chi connectivity index (χ1) is 10.0. The van der Waals surface area contributed by atoms with Crippen LogP contribution in [0.1, 0.15) is 34.2 Å². The number of aromatic nitrogens is 2. The second-order valence-electron chi connectivity index (χ2n) is 4.76. The third-order valence-electron chi connectivity index (χ3n) is 3.23. The number of carbonyl (C=O) groups is 1. The number of Topliss-reactive ketones (excluding diaryl/α,β-unsaturated/α-hetero) is 1. The molecule has 0 radical (unpaired) electrons. The van der Waals surface area contributed by atoms with Crippen molar-refractivity contribution >= 4 is 21.7 Å². The van der Waals surface area contributed by atoms with Gasteiger partial charge in [0, 0.05) is 16.5 Å². The highest BCUT2D eigenvalue weighted by Crippen LogP contribution is 2.24. The average molecular weight is 349 g/mol. The summed E-state index contributed by atoms with van der Waals surface area (Å²) in [6.45, 7) is 3.81. The van der Waals surface area contributed by atoms with Crippen LogP contribution < -0.4 is 4.74 Å². The van der Waals surface area contributed by atoms with Crippen LogP contribution >= 0.6 is 15.9 Å². The van der Waals surface area contributed by atoms with Gasteiger partial charge in [0.05, 0.1) is 18.5 Å². The van der Waals surface area contributed by atoms with Gasteiger partial charge in [0.1, 0.15) is 5.75 Å². The maximum atomic E-state index is 12.6. The number of methoxy groups -OCH3 is 1. The molecule has 0 spiro atoms. The van der Waals surface area contributed by atoms with E-state index in [2.05, 4.69) is 26.1 Å². The molecular formula is C16H17BrN2O2. The normalized spacial score (nSPS) is 10.5. The Bertz CT molecular complexity index is 671. The molecule has 0 aliphatic carbocycles. The minimum atomic E-state index is 0.0406.